The fraction of sp³-hybridized carbons (Fsp3) is 0.350. The highest BCUT2D eigenvalue weighted by atomic mass is 19.1. The Balaban J connectivity index is 1.57. The number of carbonyl (C=O) groups is 1. The average molecular weight is 373 g/mol. The number of anilines is 1. The fourth-order valence-electron chi connectivity index (χ4n) is 3.12. The van der Waals surface area contributed by atoms with Crippen molar-refractivity contribution in [3.8, 4) is 11.5 Å². The molecule has 2 aromatic rings. The van der Waals surface area contributed by atoms with Gasteiger partial charge < -0.3 is 24.6 Å². The molecular formula is C20H24FN3O3. The normalized spacial score (nSPS) is 14.0. The van der Waals surface area contributed by atoms with Crippen LogP contribution in [0.4, 0.5) is 14.9 Å². The number of ether oxygens (including phenoxy) is 2. The molecule has 0 radical (unpaired) electrons. The first-order chi connectivity index (χ1) is 13.1. The van der Waals surface area contributed by atoms with E-state index in [1.807, 2.05) is 18.2 Å². The smallest absolute Gasteiger partial charge is 0.317 e. The molecule has 2 amide bonds. The van der Waals surface area contributed by atoms with Gasteiger partial charge in [-0.1, -0.05) is 18.2 Å². The minimum atomic E-state index is -0.312. The number of piperazine rings is 1. The Bertz CT molecular complexity index is 792. The second-order valence-electron chi connectivity index (χ2n) is 6.26. The molecule has 1 N–H and O–H groups in total. The van der Waals surface area contributed by atoms with Crippen LogP contribution in [0, 0.1) is 5.82 Å². The van der Waals surface area contributed by atoms with E-state index in [1.165, 1.54) is 6.07 Å². The molecule has 6 nitrogen and oxygen atoms in total. The van der Waals surface area contributed by atoms with Crippen LogP contribution in [0.1, 0.15) is 5.56 Å². The van der Waals surface area contributed by atoms with E-state index in [0.29, 0.717) is 31.7 Å². The summed E-state index contributed by atoms with van der Waals surface area (Å²) in [6.07, 6.45) is 0. The summed E-state index contributed by atoms with van der Waals surface area (Å²) in [6.45, 7) is 2.68. The van der Waals surface area contributed by atoms with Gasteiger partial charge in [-0.15, -0.1) is 0 Å². The molecule has 0 atom stereocenters. The highest BCUT2D eigenvalue weighted by Crippen LogP contribution is 2.32. The lowest BCUT2D eigenvalue weighted by atomic mass is 10.2. The lowest BCUT2D eigenvalue weighted by molar-refractivity contribution is 0.193. The van der Waals surface area contributed by atoms with Crippen molar-refractivity contribution >= 4 is 11.7 Å². The molecule has 1 fully saturated rings. The van der Waals surface area contributed by atoms with Crippen molar-refractivity contribution in [3.63, 3.8) is 0 Å². The number of nitrogens with zero attached hydrogens (tertiary/aromatic N) is 2. The molecule has 0 unspecified atom stereocenters. The lowest BCUT2D eigenvalue weighted by Gasteiger charge is -2.36. The molecule has 0 bridgehead atoms. The summed E-state index contributed by atoms with van der Waals surface area (Å²) in [4.78, 5) is 16.3. The van der Waals surface area contributed by atoms with Crippen LogP contribution in [0.15, 0.2) is 42.5 Å². The van der Waals surface area contributed by atoms with E-state index >= 15 is 0 Å². The number of hydrogen-bond donors (Lipinski definition) is 1. The Labute approximate surface area is 158 Å². The van der Waals surface area contributed by atoms with Crippen molar-refractivity contribution in [1.82, 2.24) is 10.2 Å². The summed E-state index contributed by atoms with van der Waals surface area (Å²) < 4.78 is 24.4. The zero-order chi connectivity index (χ0) is 19.2. The fourth-order valence-corrected chi connectivity index (χ4v) is 3.12. The lowest BCUT2D eigenvalue weighted by Crippen LogP contribution is -2.51. The van der Waals surface area contributed by atoms with Crippen LogP contribution in [0.3, 0.4) is 0 Å². The van der Waals surface area contributed by atoms with Crippen molar-refractivity contribution in [2.45, 2.75) is 6.54 Å². The molecular weight excluding hydrogens is 349 g/mol. The Kier molecular flexibility index (Phi) is 6.01. The molecule has 1 aliphatic rings. The second kappa shape index (κ2) is 8.62. The summed E-state index contributed by atoms with van der Waals surface area (Å²) >= 11 is 0. The van der Waals surface area contributed by atoms with Crippen molar-refractivity contribution in [3.05, 3.63) is 53.8 Å². The third-order valence-electron chi connectivity index (χ3n) is 4.68. The van der Waals surface area contributed by atoms with E-state index in [9.17, 15) is 9.18 Å². The molecule has 1 aliphatic heterocycles. The van der Waals surface area contributed by atoms with E-state index in [1.54, 1.807) is 37.3 Å². The summed E-state index contributed by atoms with van der Waals surface area (Å²) in [6, 6.07) is 11.9. The molecule has 0 aliphatic carbocycles. The van der Waals surface area contributed by atoms with Gasteiger partial charge in [0.2, 0.25) is 0 Å². The van der Waals surface area contributed by atoms with Gasteiger partial charge in [0.15, 0.2) is 0 Å². The van der Waals surface area contributed by atoms with Gasteiger partial charge in [-0.3, -0.25) is 0 Å². The van der Waals surface area contributed by atoms with E-state index in [2.05, 4.69) is 10.2 Å². The van der Waals surface area contributed by atoms with Crippen molar-refractivity contribution in [2.75, 3.05) is 45.3 Å². The maximum atomic E-state index is 13.7. The molecule has 7 heteroatoms. The molecule has 0 saturated carbocycles. The number of nitrogens with one attached hydrogen (secondary N) is 1. The summed E-state index contributed by atoms with van der Waals surface area (Å²) in [5.41, 5.74) is 1.42. The predicted octanol–water partition coefficient (Wildman–Crippen LogP) is 2.87. The topological polar surface area (TPSA) is 54.0 Å². The summed E-state index contributed by atoms with van der Waals surface area (Å²) in [5, 5.41) is 2.79. The van der Waals surface area contributed by atoms with Gasteiger partial charge in [0, 0.05) is 44.4 Å². The number of rotatable bonds is 5. The molecule has 3 rings (SSSR count). The number of methoxy groups -OCH3 is 2. The van der Waals surface area contributed by atoms with Gasteiger partial charge in [0.05, 0.1) is 19.9 Å². The largest absolute Gasteiger partial charge is 0.497 e. The third-order valence-corrected chi connectivity index (χ3v) is 4.68. The number of carbonyl (C=O) groups excluding carboxylic acids is 1. The third kappa shape index (κ3) is 4.42. The van der Waals surface area contributed by atoms with Gasteiger partial charge >= 0.3 is 6.03 Å². The minimum absolute atomic E-state index is 0.176. The number of urea groups is 1. The first kappa shape index (κ1) is 18.8. The summed E-state index contributed by atoms with van der Waals surface area (Å²) in [5.74, 6) is 1.22. The Morgan fingerprint density at radius 3 is 2.48 bits per heavy atom. The Morgan fingerprint density at radius 2 is 1.81 bits per heavy atom. The monoisotopic (exact) mass is 373 g/mol. The first-order valence-corrected chi connectivity index (χ1v) is 8.85. The quantitative estimate of drug-likeness (QED) is 0.876. The minimum Gasteiger partial charge on any atom is -0.497 e. The van der Waals surface area contributed by atoms with E-state index < -0.39 is 0 Å². The molecule has 0 aromatic heterocycles. The number of benzene rings is 2. The van der Waals surface area contributed by atoms with E-state index in [-0.39, 0.29) is 18.4 Å². The van der Waals surface area contributed by atoms with E-state index in [0.717, 1.165) is 17.2 Å². The number of amides is 2. The van der Waals surface area contributed by atoms with Crippen molar-refractivity contribution in [1.29, 1.82) is 0 Å². The Hall–Kier alpha value is -2.96. The van der Waals surface area contributed by atoms with Gasteiger partial charge in [0.25, 0.3) is 0 Å². The van der Waals surface area contributed by atoms with Crippen LogP contribution in [0.2, 0.25) is 0 Å². The highest BCUT2D eigenvalue weighted by Gasteiger charge is 2.23. The zero-order valence-corrected chi connectivity index (χ0v) is 15.6. The van der Waals surface area contributed by atoms with Gasteiger partial charge in [-0.2, -0.15) is 0 Å². The van der Waals surface area contributed by atoms with Crippen LogP contribution in [-0.4, -0.2) is 51.3 Å². The van der Waals surface area contributed by atoms with Gasteiger partial charge in [0.1, 0.15) is 17.3 Å². The van der Waals surface area contributed by atoms with E-state index in [4.69, 9.17) is 9.47 Å². The number of halogens is 1. The van der Waals surface area contributed by atoms with Crippen LogP contribution in [0.5, 0.6) is 11.5 Å². The summed E-state index contributed by atoms with van der Waals surface area (Å²) in [7, 11) is 3.27. The van der Waals surface area contributed by atoms with Gasteiger partial charge in [-0.25, -0.2) is 9.18 Å². The van der Waals surface area contributed by atoms with Crippen LogP contribution in [-0.2, 0) is 6.54 Å². The molecule has 1 saturated heterocycles. The van der Waals surface area contributed by atoms with Crippen molar-refractivity contribution in [2.24, 2.45) is 0 Å². The van der Waals surface area contributed by atoms with Crippen LogP contribution in [0.25, 0.3) is 0 Å². The maximum absolute atomic E-state index is 13.7. The highest BCUT2D eigenvalue weighted by molar-refractivity contribution is 5.74. The Morgan fingerprint density at radius 1 is 1.07 bits per heavy atom. The maximum Gasteiger partial charge on any atom is 0.317 e. The molecule has 0 spiro atoms. The van der Waals surface area contributed by atoms with Gasteiger partial charge in [-0.05, 0) is 18.2 Å². The predicted molar refractivity (Wildman–Crippen MR) is 102 cm³/mol. The van der Waals surface area contributed by atoms with Crippen molar-refractivity contribution < 1.29 is 18.7 Å². The zero-order valence-electron chi connectivity index (χ0n) is 15.6. The van der Waals surface area contributed by atoms with Crippen LogP contribution >= 0.6 is 0 Å². The standard InChI is InChI=1S/C20H24FN3O3/c1-26-16-7-8-19(27-2)18(13-16)23-9-11-24(12-10-23)20(25)22-14-15-5-3-4-6-17(15)21/h3-8,13H,9-12,14H2,1-2H3,(H,22,25). The molecule has 27 heavy (non-hydrogen) atoms. The molecule has 144 valence electrons. The number of hydrogen-bond acceptors (Lipinski definition) is 4. The molecule has 2 aromatic carbocycles. The average Bonchev–Trinajstić information content (AvgIpc) is 2.72. The first-order valence-electron chi connectivity index (χ1n) is 8.85. The molecule has 1 heterocycles. The second-order valence-corrected chi connectivity index (χ2v) is 6.26. The van der Waals surface area contributed by atoms with Crippen LogP contribution < -0.4 is 19.7 Å². The SMILES string of the molecule is COc1ccc(OC)c(N2CCN(C(=O)NCc3ccccc3F)CC2)c1.